The van der Waals surface area contributed by atoms with E-state index in [1.807, 2.05) is 63.2 Å². The Morgan fingerprint density at radius 3 is 2.60 bits per heavy atom. The van der Waals surface area contributed by atoms with E-state index >= 15 is 0 Å². The molecule has 0 bridgehead atoms. The summed E-state index contributed by atoms with van der Waals surface area (Å²) in [6.07, 6.45) is 0. The predicted molar refractivity (Wildman–Crippen MR) is 117 cm³/mol. The number of nitrogens with one attached hydrogen (secondary N) is 1. The molecular formula is C24H23ClN2O3. The van der Waals surface area contributed by atoms with Gasteiger partial charge in [0.25, 0.3) is 5.91 Å². The van der Waals surface area contributed by atoms with E-state index in [0.29, 0.717) is 29.4 Å². The van der Waals surface area contributed by atoms with Crippen LogP contribution in [0, 0.1) is 6.92 Å². The van der Waals surface area contributed by atoms with Crippen molar-refractivity contribution in [3.05, 3.63) is 87.8 Å². The molecule has 0 saturated heterocycles. The lowest BCUT2D eigenvalue weighted by molar-refractivity contribution is -0.122. The minimum absolute atomic E-state index is 0.0129. The van der Waals surface area contributed by atoms with Crippen LogP contribution in [0.5, 0.6) is 0 Å². The topological polar surface area (TPSA) is 62.6 Å². The quantitative estimate of drug-likeness (QED) is 0.629. The molecule has 30 heavy (non-hydrogen) atoms. The van der Waals surface area contributed by atoms with Crippen molar-refractivity contribution in [2.24, 2.45) is 0 Å². The number of carbonyl (C=O) groups excluding carboxylic acids is 2. The number of rotatable bonds is 5. The number of hydrogen-bond acceptors (Lipinski definition) is 3. The molecule has 0 aliphatic carbocycles. The van der Waals surface area contributed by atoms with Gasteiger partial charge >= 0.3 is 0 Å². The van der Waals surface area contributed by atoms with Crippen molar-refractivity contribution in [1.29, 1.82) is 0 Å². The molecule has 2 amide bonds. The fourth-order valence-corrected chi connectivity index (χ4v) is 3.99. The molecule has 2 aromatic carbocycles. The average Bonchev–Trinajstić information content (AvgIpc) is 3.22. The van der Waals surface area contributed by atoms with Gasteiger partial charge in [-0.25, -0.2) is 0 Å². The molecule has 5 nitrogen and oxygen atoms in total. The standard InChI is InChI=1S/C24H23ClN2O3/c1-15-8-10-18(30-15)13-26-22(28)16-9-11-19-21(12-16)27(23(29)24(19,2)3)14-17-6-4-5-7-20(17)25/h4-12H,13-14H2,1-3H3,(H,26,28). The molecule has 1 aliphatic heterocycles. The van der Waals surface area contributed by atoms with Crippen LogP contribution in [0.3, 0.4) is 0 Å². The molecule has 0 spiro atoms. The second-order valence-corrected chi connectivity index (χ2v) is 8.44. The SMILES string of the molecule is Cc1ccc(CNC(=O)c2ccc3c(c2)N(Cc2ccccc2Cl)C(=O)C3(C)C)o1. The number of benzene rings is 2. The second-order valence-electron chi connectivity index (χ2n) is 8.03. The third-order valence-electron chi connectivity index (χ3n) is 5.51. The summed E-state index contributed by atoms with van der Waals surface area (Å²) in [5.41, 5.74) is 2.33. The molecule has 4 rings (SSSR count). The lowest BCUT2D eigenvalue weighted by Gasteiger charge is -2.21. The van der Waals surface area contributed by atoms with Crippen LogP contribution in [-0.4, -0.2) is 11.8 Å². The molecule has 154 valence electrons. The highest BCUT2D eigenvalue weighted by Gasteiger charge is 2.44. The smallest absolute Gasteiger partial charge is 0.251 e. The first-order valence-electron chi connectivity index (χ1n) is 9.81. The maximum Gasteiger partial charge on any atom is 0.251 e. The fraction of sp³-hybridized carbons (Fsp3) is 0.250. The summed E-state index contributed by atoms with van der Waals surface area (Å²) in [4.78, 5) is 27.6. The molecule has 1 aliphatic rings. The highest BCUT2D eigenvalue weighted by atomic mass is 35.5. The van der Waals surface area contributed by atoms with Crippen molar-refractivity contribution in [2.45, 2.75) is 39.3 Å². The van der Waals surface area contributed by atoms with Gasteiger partial charge in [0.15, 0.2) is 0 Å². The lowest BCUT2D eigenvalue weighted by atomic mass is 9.86. The number of halogens is 1. The maximum atomic E-state index is 13.2. The average molecular weight is 423 g/mol. The number of carbonyl (C=O) groups is 2. The molecular weight excluding hydrogens is 400 g/mol. The Hall–Kier alpha value is -3.05. The van der Waals surface area contributed by atoms with Crippen molar-refractivity contribution >= 4 is 29.1 Å². The van der Waals surface area contributed by atoms with Gasteiger partial charge in [-0.05, 0) is 62.2 Å². The van der Waals surface area contributed by atoms with E-state index in [1.165, 1.54) is 0 Å². The zero-order chi connectivity index (χ0) is 21.5. The van der Waals surface area contributed by atoms with Gasteiger partial charge in [-0.1, -0.05) is 35.9 Å². The van der Waals surface area contributed by atoms with Crippen molar-refractivity contribution < 1.29 is 14.0 Å². The van der Waals surface area contributed by atoms with Gasteiger partial charge in [0.1, 0.15) is 11.5 Å². The van der Waals surface area contributed by atoms with Crippen LogP contribution < -0.4 is 10.2 Å². The third kappa shape index (κ3) is 3.61. The third-order valence-corrected chi connectivity index (χ3v) is 5.88. The molecule has 0 atom stereocenters. The molecule has 1 aromatic heterocycles. The number of amides is 2. The summed E-state index contributed by atoms with van der Waals surface area (Å²) in [7, 11) is 0. The maximum absolute atomic E-state index is 13.2. The molecule has 2 heterocycles. The number of anilines is 1. The van der Waals surface area contributed by atoms with Crippen molar-refractivity contribution in [2.75, 3.05) is 4.90 Å². The summed E-state index contributed by atoms with van der Waals surface area (Å²) < 4.78 is 5.50. The lowest BCUT2D eigenvalue weighted by Crippen LogP contribution is -2.35. The second kappa shape index (κ2) is 7.65. The predicted octanol–water partition coefficient (Wildman–Crippen LogP) is 5.00. The van der Waals surface area contributed by atoms with Crippen molar-refractivity contribution in [1.82, 2.24) is 5.32 Å². The van der Waals surface area contributed by atoms with Gasteiger partial charge < -0.3 is 14.6 Å². The van der Waals surface area contributed by atoms with E-state index in [1.54, 1.807) is 17.0 Å². The molecule has 0 fully saturated rings. The monoisotopic (exact) mass is 422 g/mol. The summed E-state index contributed by atoms with van der Waals surface area (Å²) >= 11 is 6.32. The van der Waals surface area contributed by atoms with Gasteiger partial charge in [0.05, 0.1) is 18.5 Å². The van der Waals surface area contributed by atoms with Gasteiger partial charge in [-0.2, -0.15) is 0 Å². The molecule has 3 aromatic rings. The molecule has 1 N–H and O–H groups in total. The Balaban J connectivity index is 1.61. The highest BCUT2D eigenvalue weighted by Crippen LogP contribution is 2.43. The molecule has 0 radical (unpaired) electrons. The Bertz CT molecular complexity index is 1130. The van der Waals surface area contributed by atoms with Crippen LogP contribution in [0.1, 0.15) is 46.9 Å². The largest absolute Gasteiger partial charge is 0.465 e. The van der Waals surface area contributed by atoms with E-state index < -0.39 is 5.41 Å². The van der Waals surface area contributed by atoms with E-state index in [9.17, 15) is 9.59 Å². The van der Waals surface area contributed by atoms with E-state index in [2.05, 4.69) is 5.32 Å². The number of nitrogens with zero attached hydrogens (tertiary/aromatic N) is 1. The van der Waals surface area contributed by atoms with Crippen molar-refractivity contribution in [3.63, 3.8) is 0 Å². The highest BCUT2D eigenvalue weighted by molar-refractivity contribution is 6.31. The van der Waals surface area contributed by atoms with Crippen LogP contribution in [0.15, 0.2) is 59.0 Å². The summed E-state index contributed by atoms with van der Waals surface area (Å²) in [6, 6.07) is 16.6. The summed E-state index contributed by atoms with van der Waals surface area (Å²) in [6.45, 7) is 6.32. The van der Waals surface area contributed by atoms with Crippen LogP contribution in [0.4, 0.5) is 5.69 Å². The Morgan fingerprint density at radius 1 is 1.13 bits per heavy atom. The number of fused-ring (bicyclic) bond motifs is 1. The Labute approximate surface area is 180 Å². The van der Waals surface area contributed by atoms with E-state index in [4.69, 9.17) is 16.0 Å². The van der Waals surface area contributed by atoms with Crippen LogP contribution in [-0.2, 0) is 23.3 Å². The normalized spacial score (nSPS) is 14.7. The fourth-order valence-electron chi connectivity index (χ4n) is 3.79. The van der Waals surface area contributed by atoms with Gasteiger partial charge in [-0.3, -0.25) is 9.59 Å². The zero-order valence-corrected chi connectivity index (χ0v) is 17.9. The molecule has 6 heteroatoms. The van der Waals surface area contributed by atoms with Crippen molar-refractivity contribution in [3.8, 4) is 0 Å². The number of hydrogen-bond donors (Lipinski definition) is 1. The summed E-state index contributed by atoms with van der Waals surface area (Å²) in [5, 5.41) is 3.48. The van der Waals surface area contributed by atoms with Crippen LogP contribution in [0.25, 0.3) is 0 Å². The number of furan rings is 1. The zero-order valence-electron chi connectivity index (χ0n) is 17.2. The minimum atomic E-state index is -0.669. The van der Waals surface area contributed by atoms with Gasteiger partial charge in [0.2, 0.25) is 5.91 Å². The summed E-state index contributed by atoms with van der Waals surface area (Å²) in [5.74, 6) is 1.26. The molecule has 0 unspecified atom stereocenters. The first-order chi connectivity index (χ1) is 14.3. The minimum Gasteiger partial charge on any atom is -0.465 e. The first-order valence-corrected chi connectivity index (χ1v) is 10.2. The molecule has 0 saturated carbocycles. The Morgan fingerprint density at radius 2 is 1.90 bits per heavy atom. The van der Waals surface area contributed by atoms with E-state index in [-0.39, 0.29) is 11.8 Å². The van der Waals surface area contributed by atoms with Gasteiger partial charge in [-0.15, -0.1) is 0 Å². The van der Waals surface area contributed by atoms with Gasteiger partial charge in [0, 0.05) is 16.3 Å². The van der Waals surface area contributed by atoms with E-state index in [0.717, 1.165) is 22.6 Å². The Kier molecular flexibility index (Phi) is 5.16. The first kappa shape index (κ1) is 20.2. The van der Waals surface area contributed by atoms with Crippen LogP contribution in [0.2, 0.25) is 5.02 Å². The number of aryl methyl sites for hydroxylation is 1. The van der Waals surface area contributed by atoms with Crippen LogP contribution >= 0.6 is 11.6 Å².